The van der Waals surface area contributed by atoms with Gasteiger partial charge < -0.3 is 14.6 Å². The Morgan fingerprint density at radius 3 is 2.87 bits per heavy atom. The first-order valence-corrected chi connectivity index (χ1v) is 7.27. The Labute approximate surface area is 135 Å². The molecule has 0 amide bonds. The summed E-state index contributed by atoms with van der Waals surface area (Å²) in [5, 5.41) is 14.1. The zero-order chi connectivity index (χ0) is 16.5. The van der Waals surface area contributed by atoms with Gasteiger partial charge in [0.05, 0.1) is 0 Å². The summed E-state index contributed by atoms with van der Waals surface area (Å²) >= 11 is 0. The lowest BCUT2D eigenvalue weighted by Gasteiger charge is -2.18. The predicted octanol–water partition coefficient (Wildman–Crippen LogP) is 1.35. The van der Waals surface area contributed by atoms with E-state index in [2.05, 4.69) is 32.7 Å². The maximum Gasteiger partial charge on any atom is 0.204 e. The molecule has 0 saturated carbocycles. The zero-order valence-electron chi connectivity index (χ0n) is 13.3. The van der Waals surface area contributed by atoms with Gasteiger partial charge in [0.2, 0.25) is 5.96 Å². The van der Waals surface area contributed by atoms with Crippen LogP contribution in [0.1, 0.15) is 11.3 Å². The maximum atomic E-state index is 8.59. The molecule has 23 heavy (non-hydrogen) atoms. The fraction of sp³-hybridized carbons (Fsp3) is 0.312. The van der Waals surface area contributed by atoms with Crippen molar-refractivity contribution < 1.29 is 4.42 Å². The van der Waals surface area contributed by atoms with Gasteiger partial charge in [0, 0.05) is 33.6 Å². The number of rotatable bonds is 6. The van der Waals surface area contributed by atoms with Crippen LogP contribution in [0.2, 0.25) is 0 Å². The molecule has 0 aliphatic rings. The van der Waals surface area contributed by atoms with Crippen LogP contribution in [0.5, 0.6) is 0 Å². The number of benzene rings is 1. The van der Waals surface area contributed by atoms with Crippen LogP contribution < -0.4 is 15.5 Å². The number of aromatic nitrogens is 1. The largest absolute Gasteiger partial charge is 0.446 e. The molecule has 2 rings (SSSR count). The van der Waals surface area contributed by atoms with Crippen LogP contribution in [-0.2, 0) is 6.42 Å². The molecular weight excluding hydrogens is 292 g/mol. The van der Waals surface area contributed by atoms with Gasteiger partial charge in [0.1, 0.15) is 0 Å². The van der Waals surface area contributed by atoms with E-state index in [-0.39, 0.29) is 0 Å². The molecule has 2 N–H and O–H groups in total. The minimum atomic E-state index is 0.450. The van der Waals surface area contributed by atoms with Crippen LogP contribution >= 0.6 is 0 Å². The van der Waals surface area contributed by atoms with E-state index >= 15 is 0 Å². The lowest BCUT2D eigenvalue weighted by molar-refractivity contribution is 0.514. The minimum absolute atomic E-state index is 0.450. The van der Waals surface area contributed by atoms with Gasteiger partial charge in [-0.15, -0.1) is 0 Å². The van der Waals surface area contributed by atoms with Gasteiger partial charge in [0.15, 0.2) is 24.2 Å². The second-order valence-electron chi connectivity index (χ2n) is 4.92. The molecule has 1 heterocycles. The van der Waals surface area contributed by atoms with Crippen molar-refractivity contribution in [3.63, 3.8) is 0 Å². The summed E-state index contributed by atoms with van der Waals surface area (Å²) in [7, 11) is 3.57. The van der Waals surface area contributed by atoms with Crippen molar-refractivity contribution in [1.29, 1.82) is 5.26 Å². The number of aliphatic imine (C=N–C) groups is 1. The fourth-order valence-corrected chi connectivity index (χ4v) is 2.16. The molecule has 0 bridgehead atoms. The van der Waals surface area contributed by atoms with Crippen LogP contribution in [0.3, 0.4) is 0 Å². The highest BCUT2D eigenvalue weighted by Crippen LogP contribution is 2.20. The summed E-state index contributed by atoms with van der Waals surface area (Å²) in [4.78, 5) is 10.2. The average molecular weight is 312 g/mol. The van der Waals surface area contributed by atoms with Crippen molar-refractivity contribution >= 4 is 11.8 Å². The van der Waals surface area contributed by atoms with E-state index in [1.54, 1.807) is 7.05 Å². The Morgan fingerprint density at radius 2 is 2.17 bits per heavy atom. The van der Waals surface area contributed by atoms with Crippen molar-refractivity contribution in [1.82, 2.24) is 15.6 Å². The number of hydrogen-bond donors (Lipinski definition) is 2. The van der Waals surface area contributed by atoms with Gasteiger partial charge >= 0.3 is 0 Å². The summed E-state index contributed by atoms with van der Waals surface area (Å²) in [6.45, 7) is 1.32. The number of hydrogen-bond acceptors (Lipinski definition) is 5. The number of nitrogens with zero attached hydrogens (tertiary/aromatic N) is 4. The molecule has 0 atom stereocenters. The quantitative estimate of drug-likeness (QED) is 0.362. The van der Waals surface area contributed by atoms with Crippen LogP contribution in [0.15, 0.2) is 46.1 Å². The number of oxazole rings is 1. The molecule has 0 fully saturated rings. The standard InChI is InChI=1S/C16H20N6O/c1-18-16(20-11-17)19-8-9-22(2)15-14(23-12-21-15)10-13-6-4-3-5-7-13/h3-7,12H,8-10H2,1-2H3,(H2,18,19,20). The van der Waals surface area contributed by atoms with E-state index < -0.39 is 0 Å². The van der Waals surface area contributed by atoms with E-state index in [1.165, 1.54) is 12.0 Å². The first kappa shape index (κ1) is 16.4. The molecule has 120 valence electrons. The molecule has 0 aliphatic heterocycles. The molecule has 1 aromatic heterocycles. The third-order valence-corrected chi connectivity index (χ3v) is 3.33. The zero-order valence-corrected chi connectivity index (χ0v) is 13.3. The van der Waals surface area contributed by atoms with Crippen molar-refractivity contribution in [2.45, 2.75) is 6.42 Å². The number of likely N-dealkylation sites (N-methyl/N-ethyl adjacent to an activating group) is 1. The van der Waals surface area contributed by atoms with Crippen molar-refractivity contribution in [2.24, 2.45) is 4.99 Å². The summed E-state index contributed by atoms with van der Waals surface area (Å²) in [6, 6.07) is 10.1. The van der Waals surface area contributed by atoms with Crippen molar-refractivity contribution in [3.05, 3.63) is 48.0 Å². The van der Waals surface area contributed by atoms with Crippen LogP contribution in [0.25, 0.3) is 0 Å². The second kappa shape index (κ2) is 8.44. The topological polar surface area (TPSA) is 89.5 Å². The molecule has 0 radical (unpaired) electrons. The highest BCUT2D eigenvalue weighted by atomic mass is 16.3. The second-order valence-corrected chi connectivity index (χ2v) is 4.92. The Kier molecular flexibility index (Phi) is 6.00. The number of nitrogens with one attached hydrogen (secondary N) is 2. The van der Waals surface area contributed by atoms with Gasteiger partial charge in [-0.25, -0.2) is 0 Å². The predicted molar refractivity (Wildman–Crippen MR) is 89.1 cm³/mol. The Balaban J connectivity index is 1.92. The summed E-state index contributed by atoms with van der Waals surface area (Å²) in [5.74, 6) is 2.10. The van der Waals surface area contributed by atoms with E-state index in [0.29, 0.717) is 25.5 Å². The Hall–Kier alpha value is -3.01. The highest BCUT2D eigenvalue weighted by molar-refractivity contribution is 5.80. The van der Waals surface area contributed by atoms with Crippen molar-refractivity contribution in [2.75, 3.05) is 32.1 Å². The molecule has 0 spiro atoms. The number of nitriles is 1. The van der Waals surface area contributed by atoms with Gasteiger partial charge in [-0.3, -0.25) is 10.3 Å². The molecule has 7 heteroatoms. The van der Waals surface area contributed by atoms with E-state index in [0.717, 1.165) is 11.6 Å². The van der Waals surface area contributed by atoms with Gasteiger partial charge in [-0.1, -0.05) is 30.3 Å². The first-order chi connectivity index (χ1) is 11.2. The normalized spacial score (nSPS) is 10.9. The smallest absolute Gasteiger partial charge is 0.204 e. The monoisotopic (exact) mass is 312 g/mol. The lowest BCUT2D eigenvalue weighted by Crippen LogP contribution is -2.39. The van der Waals surface area contributed by atoms with Gasteiger partial charge in [0.25, 0.3) is 0 Å². The van der Waals surface area contributed by atoms with Gasteiger partial charge in [-0.2, -0.15) is 10.2 Å². The van der Waals surface area contributed by atoms with E-state index in [4.69, 9.17) is 9.68 Å². The van der Waals surface area contributed by atoms with Crippen LogP contribution in [0, 0.1) is 11.5 Å². The highest BCUT2D eigenvalue weighted by Gasteiger charge is 2.13. The summed E-state index contributed by atoms with van der Waals surface area (Å²) < 4.78 is 5.52. The molecule has 0 aliphatic carbocycles. The fourth-order valence-electron chi connectivity index (χ4n) is 2.16. The molecule has 1 aromatic carbocycles. The molecule has 0 unspecified atom stereocenters. The Morgan fingerprint density at radius 1 is 1.39 bits per heavy atom. The van der Waals surface area contributed by atoms with E-state index in [1.807, 2.05) is 36.3 Å². The number of anilines is 1. The molecule has 7 nitrogen and oxygen atoms in total. The average Bonchev–Trinajstić information content (AvgIpc) is 3.03. The van der Waals surface area contributed by atoms with Crippen molar-refractivity contribution in [3.8, 4) is 6.19 Å². The Bertz CT molecular complexity index is 673. The third-order valence-electron chi connectivity index (χ3n) is 3.33. The lowest BCUT2D eigenvalue weighted by atomic mass is 10.1. The summed E-state index contributed by atoms with van der Waals surface area (Å²) in [6.07, 6.45) is 4.00. The number of guanidine groups is 1. The SMILES string of the molecule is CN=C(NC#N)NCCN(C)c1ncoc1Cc1ccccc1. The maximum absolute atomic E-state index is 8.59. The first-order valence-electron chi connectivity index (χ1n) is 7.27. The molecular formula is C16H20N6O. The molecule has 0 saturated heterocycles. The minimum Gasteiger partial charge on any atom is -0.446 e. The van der Waals surface area contributed by atoms with Gasteiger partial charge in [-0.05, 0) is 5.56 Å². The third kappa shape index (κ3) is 4.74. The van der Waals surface area contributed by atoms with E-state index in [9.17, 15) is 0 Å². The summed E-state index contributed by atoms with van der Waals surface area (Å²) in [5.41, 5.74) is 1.18. The van der Waals surface area contributed by atoms with Crippen LogP contribution in [-0.4, -0.2) is 38.1 Å². The van der Waals surface area contributed by atoms with Crippen LogP contribution in [0.4, 0.5) is 5.82 Å². The molecule has 2 aromatic rings.